The Morgan fingerprint density at radius 3 is 2.00 bits per heavy atom. The summed E-state index contributed by atoms with van der Waals surface area (Å²) in [5.41, 5.74) is 2.38. The van der Waals surface area contributed by atoms with Crippen LogP contribution in [0, 0.1) is 0 Å². The Bertz CT molecular complexity index is 810. The standard InChI is InChI=1S/C19H23NO4S/c1-14(2)24-13-12-20-19(21)17-6-4-15(5-7-17)16-8-10-18(11-9-16)25(3,22)23/h4-11,14H,12-13H2,1-3H3,(H,20,21). The molecule has 0 bridgehead atoms. The van der Waals surface area contributed by atoms with Gasteiger partial charge in [-0.1, -0.05) is 24.3 Å². The average molecular weight is 361 g/mol. The van der Waals surface area contributed by atoms with E-state index >= 15 is 0 Å². The number of sulfone groups is 1. The van der Waals surface area contributed by atoms with E-state index in [1.54, 1.807) is 36.4 Å². The lowest BCUT2D eigenvalue weighted by Gasteiger charge is -2.09. The predicted molar refractivity (Wildman–Crippen MR) is 98.4 cm³/mol. The summed E-state index contributed by atoms with van der Waals surface area (Å²) >= 11 is 0. The summed E-state index contributed by atoms with van der Waals surface area (Å²) in [5, 5.41) is 2.81. The third-order valence-electron chi connectivity index (χ3n) is 3.60. The number of hydrogen-bond acceptors (Lipinski definition) is 4. The lowest BCUT2D eigenvalue weighted by atomic mass is 10.0. The van der Waals surface area contributed by atoms with E-state index in [1.807, 2.05) is 26.0 Å². The molecule has 0 aliphatic carbocycles. The van der Waals surface area contributed by atoms with E-state index in [0.29, 0.717) is 18.7 Å². The summed E-state index contributed by atoms with van der Waals surface area (Å²) in [6, 6.07) is 13.9. The molecule has 0 atom stereocenters. The minimum absolute atomic E-state index is 0.144. The lowest BCUT2D eigenvalue weighted by molar-refractivity contribution is 0.0746. The normalized spacial score (nSPS) is 11.5. The van der Waals surface area contributed by atoms with E-state index in [0.717, 1.165) is 11.1 Å². The van der Waals surface area contributed by atoms with Crippen LogP contribution in [-0.2, 0) is 14.6 Å². The summed E-state index contributed by atoms with van der Waals surface area (Å²) < 4.78 is 28.4. The molecule has 0 saturated carbocycles. The summed E-state index contributed by atoms with van der Waals surface area (Å²) in [5.74, 6) is -0.147. The monoisotopic (exact) mass is 361 g/mol. The summed E-state index contributed by atoms with van der Waals surface area (Å²) in [7, 11) is -3.20. The van der Waals surface area contributed by atoms with Gasteiger partial charge >= 0.3 is 0 Å². The van der Waals surface area contributed by atoms with Crippen LogP contribution in [-0.4, -0.2) is 39.8 Å². The van der Waals surface area contributed by atoms with E-state index in [2.05, 4.69) is 5.32 Å². The van der Waals surface area contributed by atoms with Crippen molar-refractivity contribution in [3.63, 3.8) is 0 Å². The van der Waals surface area contributed by atoms with E-state index in [1.165, 1.54) is 6.26 Å². The van der Waals surface area contributed by atoms with Gasteiger partial charge in [-0.15, -0.1) is 0 Å². The minimum atomic E-state index is -3.20. The van der Waals surface area contributed by atoms with Crippen molar-refractivity contribution in [1.82, 2.24) is 5.32 Å². The molecular formula is C19H23NO4S. The highest BCUT2D eigenvalue weighted by atomic mass is 32.2. The number of hydrogen-bond donors (Lipinski definition) is 1. The van der Waals surface area contributed by atoms with Crippen LogP contribution in [0.1, 0.15) is 24.2 Å². The fourth-order valence-corrected chi connectivity index (χ4v) is 2.90. The van der Waals surface area contributed by atoms with Crippen molar-refractivity contribution in [2.75, 3.05) is 19.4 Å². The quantitative estimate of drug-likeness (QED) is 0.770. The predicted octanol–water partition coefficient (Wildman–Crippen LogP) is 2.91. The Labute approximate surface area is 148 Å². The van der Waals surface area contributed by atoms with Crippen LogP contribution in [0.4, 0.5) is 0 Å². The van der Waals surface area contributed by atoms with Crippen molar-refractivity contribution >= 4 is 15.7 Å². The van der Waals surface area contributed by atoms with Gasteiger partial charge in [0.05, 0.1) is 17.6 Å². The summed E-state index contributed by atoms with van der Waals surface area (Å²) in [6.45, 7) is 4.84. The van der Waals surface area contributed by atoms with Gasteiger partial charge in [0.2, 0.25) is 0 Å². The smallest absolute Gasteiger partial charge is 0.251 e. The van der Waals surface area contributed by atoms with Crippen molar-refractivity contribution in [2.45, 2.75) is 24.8 Å². The average Bonchev–Trinajstić information content (AvgIpc) is 2.58. The zero-order valence-electron chi connectivity index (χ0n) is 14.7. The Kier molecular flexibility index (Phi) is 6.33. The number of carbonyl (C=O) groups excluding carboxylic acids is 1. The number of amides is 1. The van der Waals surface area contributed by atoms with Gasteiger partial charge in [-0.2, -0.15) is 0 Å². The number of rotatable bonds is 7. The van der Waals surface area contributed by atoms with Crippen LogP contribution < -0.4 is 5.32 Å². The summed E-state index contributed by atoms with van der Waals surface area (Å²) in [4.78, 5) is 12.3. The molecule has 0 saturated heterocycles. The highest BCUT2D eigenvalue weighted by Gasteiger charge is 2.08. The molecular weight excluding hydrogens is 338 g/mol. The van der Waals surface area contributed by atoms with Crippen molar-refractivity contribution in [2.24, 2.45) is 0 Å². The zero-order valence-corrected chi connectivity index (χ0v) is 15.5. The van der Waals surface area contributed by atoms with Crippen molar-refractivity contribution in [3.8, 4) is 11.1 Å². The second-order valence-corrected chi connectivity index (χ2v) is 8.07. The maximum Gasteiger partial charge on any atom is 0.251 e. The maximum atomic E-state index is 12.1. The van der Waals surface area contributed by atoms with Crippen LogP contribution in [0.3, 0.4) is 0 Å². The van der Waals surface area contributed by atoms with Gasteiger partial charge in [-0.25, -0.2) is 8.42 Å². The van der Waals surface area contributed by atoms with Crippen LogP contribution in [0.15, 0.2) is 53.4 Å². The van der Waals surface area contributed by atoms with Gasteiger partial charge in [-0.05, 0) is 49.2 Å². The number of nitrogens with one attached hydrogen (secondary N) is 1. The second kappa shape index (κ2) is 8.27. The molecule has 0 unspecified atom stereocenters. The Balaban J connectivity index is 2.00. The second-order valence-electron chi connectivity index (χ2n) is 6.05. The minimum Gasteiger partial charge on any atom is -0.377 e. The molecule has 0 aliphatic heterocycles. The van der Waals surface area contributed by atoms with Crippen molar-refractivity contribution < 1.29 is 17.9 Å². The van der Waals surface area contributed by atoms with Gasteiger partial charge in [0.1, 0.15) is 0 Å². The van der Waals surface area contributed by atoms with Crippen molar-refractivity contribution in [1.29, 1.82) is 0 Å². The van der Waals surface area contributed by atoms with Crippen LogP contribution in [0.25, 0.3) is 11.1 Å². The Hall–Kier alpha value is -2.18. The molecule has 1 amide bonds. The molecule has 134 valence electrons. The molecule has 0 aliphatic rings. The Morgan fingerprint density at radius 1 is 1.00 bits per heavy atom. The van der Waals surface area contributed by atoms with E-state index in [-0.39, 0.29) is 16.9 Å². The third-order valence-corrected chi connectivity index (χ3v) is 4.73. The molecule has 6 heteroatoms. The molecule has 0 spiro atoms. The molecule has 0 aromatic heterocycles. The van der Waals surface area contributed by atoms with Gasteiger partial charge in [0, 0.05) is 18.4 Å². The molecule has 0 fully saturated rings. The molecule has 5 nitrogen and oxygen atoms in total. The first-order valence-electron chi connectivity index (χ1n) is 8.08. The zero-order chi connectivity index (χ0) is 18.4. The Morgan fingerprint density at radius 2 is 1.52 bits per heavy atom. The highest BCUT2D eigenvalue weighted by molar-refractivity contribution is 7.90. The van der Waals surface area contributed by atoms with E-state index in [9.17, 15) is 13.2 Å². The van der Waals surface area contributed by atoms with Crippen LogP contribution >= 0.6 is 0 Å². The molecule has 2 aromatic rings. The van der Waals surface area contributed by atoms with Crippen LogP contribution in [0.5, 0.6) is 0 Å². The molecule has 25 heavy (non-hydrogen) atoms. The number of carbonyl (C=O) groups is 1. The molecule has 0 radical (unpaired) electrons. The third kappa shape index (κ3) is 5.69. The van der Waals surface area contributed by atoms with Gasteiger partial charge in [0.15, 0.2) is 9.84 Å². The first-order valence-corrected chi connectivity index (χ1v) is 9.97. The largest absolute Gasteiger partial charge is 0.377 e. The number of ether oxygens (including phenoxy) is 1. The fraction of sp³-hybridized carbons (Fsp3) is 0.316. The molecule has 2 aromatic carbocycles. The molecule has 2 rings (SSSR count). The van der Waals surface area contributed by atoms with E-state index < -0.39 is 9.84 Å². The summed E-state index contributed by atoms with van der Waals surface area (Å²) in [6.07, 6.45) is 1.33. The maximum absolute atomic E-state index is 12.1. The van der Waals surface area contributed by atoms with Gasteiger partial charge in [-0.3, -0.25) is 4.79 Å². The first-order chi connectivity index (χ1) is 11.8. The lowest BCUT2D eigenvalue weighted by Crippen LogP contribution is -2.27. The van der Waals surface area contributed by atoms with Gasteiger partial charge < -0.3 is 10.1 Å². The fourth-order valence-electron chi connectivity index (χ4n) is 2.27. The van der Waals surface area contributed by atoms with Crippen molar-refractivity contribution in [3.05, 3.63) is 54.1 Å². The highest BCUT2D eigenvalue weighted by Crippen LogP contribution is 2.21. The topological polar surface area (TPSA) is 72.5 Å². The SMILES string of the molecule is CC(C)OCCNC(=O)c1ccc(-c2ccc(S(C)(=O)=O)cc2)cc1. The molecule has 1 N–H and O–H groups in total. The van der Waals surface area contributed by atoms with E-state index in [4.69, 9.17) is 4.74 Å². The molecule has 0 heterocycles. The number of benzene rings is 2. The van der Waals surface area contributed by atoms with Crippen LogP contribution in [0.2, 0.25) is 0 Å². The van der Waals surface area contributed by atoms with Gasteiger partial charge in [0.25, 0.3) is 5.91 Å². The first kappa shape index (κ1) is 19.1.